The molecule has 0 aliphatic heterocycles. The van der Waals surface area contributed by atoms with Gasteiger partial charge in [0.25, 0.3) is 5.91 Å². The third kappa shape index (κ3) is 2.98. The lowest BCUT2D eigenvalue weighted by molar-refractivity contribution is 0.102. The molecule has 6 heteroatoms. The number of fused-ring (bicyclic) bond motifs is 1. The van der Waals surface area contributed by atoms with E-state index in [1.165, 1.54) is 0 Å². The molecule has 5 nitrogen and oxygen atoms in total. The Hall–Kier alpha value is -2.47. The van der Waals surface area contributed by atoms with Crippen molar-refractivity contribution in [2.75, 3.05) is 5.32 Å². The minimum Gasteiger partial charge on any atom is -0.427 e. The van der Waals surface area contributed by atoms with Crippen LogP contribution >= 0.6 is 11.3 Å². The van der Waals surface area contributed by atoms with E-state index in [1.54, 1.807) is 24.3 Å². The van der Waals surface area contributed by atoms with Gasteiger partial charge >= 0.3 is 5.63 Å². The molecule has 0 bridgehead atoms. The fraction of sp³-hybridized carbons (Fsp3) is 0.316. The second-order valence-corrected chi connectivity index (χ2v) is 7.73. The molecule has 25 heavy (non-hydrogen) atoms. The van der Waals surface area contributed by atoms with Crippen molar-refractivity contribution in [1.29, 1.82) is 0 Å². The quantitative estimate of drug-likeness (QED) is 0.757. The lowest BCUT2D eigenvalue weighted by Crippen LogP contribution is -2.24. The number of hydrogen-bond acceptors (Lipinski definition) is 5. The zero-order valence-corrected chi connectivity index (χ0v) is 14.9. The molecule has 0 saturated heterocycles. The summed E-state index contributed by atoms with van der Waals surface area (Å²) >= 11 is 1.57. The van der Waals surface area contributed by atoms with Crippen molar-refractivity contribution in [3.05, 3.63) is 56.6 Å². The van der Waals surface area contributed by atoms with Crippen molar-refractivity contribution >= 4 is 33.1 Å². The Morgan fingerprint density at radius 2 is 2.08 bits per heavy atom. The maximum Gasteiger partial charge on any atom is 0.349 e. The van der Waals surface area contributed by atoms with Crippen LogP contribution in [0.4, 0.5) is 5.69 Å². The van der Waals surface area contributed by atoms with E-state index in [2.05, 4.69) is 10.3 Å². The number of anilines is 1. The van der Waals surface area contributed by atoms with E-state index in [4.69, 9.17) is 4.42 Å². The predicted molar refractivity (Wildman–Crippen MR) is 98.6 cm³/mol. The minimum atomic E-state index is -0.561. The first-order chi connectivity index (χ1) is 12.0. The second kappa shape index (κ2) is 6.11. The van der Waals surface area contributed by atoms with Crippen LogP contribution in [-0.4, -0.2) is 10.9 Å². The molecule has 0 radical (unpaired) electrons. The van der Waals surface area contributed by atoms with Crippen LogP contribution in [0.2, 0.25) is 0 Å². The minimum absolute atomic E-state index is 0.0728. The predicted octanol–water partition coefficient (Wildman–Crippen LogP) is 4.39. The third-order valence-corrected chi connectivity index (χ3v) is 5.59. The van der Waals surface area contributed by atoms with Gasteiger partial charge in [0.2, 0.25) is 0 Å². The highest BCUT2D eigenvalue weighted by Crippen LogP contribution is 2.36. The monoisotopic (exact) mass is 354 g/mol. The van der Waals surface area contributed by atoms with Crippen molar-refractivity contribution in [3.63, 3.8) is 0 Å². The van der Waals surface area contributed by atoms with E-state index in [1.807, 2.05) is 25.1 Å². The highest BCUT2D eigenvalue weighted by molar-refractivity contribution is 7.18. The highest BCUT2D eigenvalue weighted by Gasteiger charge is 2.25. The van der Waals surface area contributed by atoms with Gasteiger partial charge in [-0.15, -0.1) is 11.3 Å². The highest BCUT2D eigenvalue weighted by atomic mass is 32.1. The number of nitrogens with zero attached hydrogens (tertiary/aromatic N) is 1. The van der Waals surface area contributed by atoms with E-state index in [-0.39, 0.29) is 5.56 Å². The summed E-state index contributed by atoms with van der Waals surface area (Å²) in [4.78, 5) is 29.3. The Bertz CT molecular complexity index is 1030. The van der Waals surface area contributed by atoms with Crippen LogP contribution in [-0.2, 0) is 0 Å². The van der Waals surface area contributed by atoms with E-state index < -0.39 is 11.5 Å². The van der Waals surface area contributed by atoms with Crippen LogP contribution in [0.1, 0.15) is 51.9 Å². The zero-order chi connectivity index (χ0) is 17.6. The summed E-state index contributed by atoms with van der Waals surface area (Å²) < 4.78 is 6.40. The normalized spacial score (nSPS) is 14.5. The lowest BCUT2D eigenvalue weighted by Gasteiger charge is -2.24. The van der Waals surface area contributed by atoms with Crippen molar-refractivity contribution in [3.8, 4) is 0 Å². The molecule has 0 spiro atoms. The van der Waals surface area contributed by atoms with Gasteiger partial charge in [0.1, 0.15) is 11.3 Å². The summed E-state index contributed by atoms with van der Waals surface area (Å²) in [5.41, 5.74) is 1.71. The lowest BCUT2D eigenvalue weighted by atomic mass is 9.83. The molecule has 2 aromatic heterocycles. The molecular weight excluding hydrogens is 336 g/mol. The number of amides is 1. The smallest absolute Gasteiger partial charge is 0.349 e. The Morgan fingerprint density at radius 1 is 1.28 bits per heavy atom. The van der Waals surface area contributed by atoms with Crippen molar-refractivity contribution in [1.82, 2.24) is 4.98 Å². The molecule has 1 aromatic carbocycles. The summed E-state index contributed by atoms with van der Waals surface area (Å²) in [5, 5.41) is 3.77. The Labute approximate surface area is 148 Å². The van der Waals surface area contributed by atoms with Crippen LogP contribution in [0.5, 0.6) is 0 Å². The molecule has 3 aromatic rings. The topological polar surface area (TPSA) is 72.2 Å². The van der Waals surface area contributed by atoms with Crippen LogP contribution in [0.15, 0.2) is 33.5 Å². The largest absolute Gasteiger partial charge is 0.427 e. The molecule has 1 N–H and O–H groups in total. The molecular formula is C19H18N2O3S. The van der Waals surface area contributed by atoms with Crippen LogP contribution in [0.3, 0.4) is 0 Å². The zero-order valence-electron chi connectivity index (χ0n) is 14.1. The first kappa shape index (κ1) is 16.0. The van der Waals surface area contributed by atoms with Crippen molar-refractivity contribution in [2.45, 2.75) is 39.0 Å². The van der Waals surface area contributed by atoms with Crippen LogP contribution < -0.4 is 10.9 Å². The summed E-state index contributed by atoms with van der Waals surface area (Å²) in [5.74, 6) is 0.583. The van der Waals surface area contributed by atoms with Crippen LogP contribution in [0.25, 0.3) is 10.2 Å². The van der Waals surface area contributed by atoms with Gasteiger partial charge in [-0.2, -0.15) is 0 Å². The molecule has 128 valence electrons. The second-order valence-electron chi connectivity index (χ2n) is 6.49. The Morgan fingerprint density at radius 3 is 2.76 bits per heavy atom. The number of thiazole rings is 1. The molecule has 4 rings (SSSR count). The van der Waals surface area contributed by atoms with Crippen molar-refractivity contribution < 1.29 is 9.21 Å². The Balaban J connectivity index is 1.62. The number of benzene rings is 1. The van der Waals surface area contributed by atoms with E-state index in [0.717, 1.165) is 34.5 Å². The first-order valence-corrected chi connectivity index (χ1v) is 9.16. The summed E-state index contributed by atoms with van der Waals surface area (Å²) in [7, 11) is 0. The van der Waals surface area contributed by atoms with Gasteiger partial charge in [-0.3, -0.25) is 4.79 Å². The number of carbonyl (C=O) groups is 1. The molecule has 1 fully saturated rings. The number of rotatable bonds is 3. The first-order valence-electron chi connectivity index (χ1n) is 8.34. The fourth-order valence-electron chi connectivity index (χ4n) is 3.11. The molecule has 2 heterocycles. The number of aromatic nitrogens is 1. The maximum atomic E-state index is 12.6. The Kier molecular flexibility index (Phi) is 3.92. The van der Waals surface area contributed by atoms with Crippen molar-refractivity contribution in [2.24, 2.45) is 0 Å². The standard InChI is InChI=1S/C19H18N2O3S/c1-10-8-15(12-4-3-5-12)24-19(23)17(10)18(22)21-13-6-7-14-16(9-13)25-11(2)20-14/h6-9,12H,3-5H2,1-2H3,(H,21,22). The molecule has 1 amide bonds. The molecule has 0 atom stereocenters. The van der Waals surface area contributed by atoms with Crippen LogP contribution in [0, 0.1) is 13.8 Å². The number of nitrogens with one attached hydrogen (secondary N) is 1. The van der Waals surface area contributed by atoms with Gasteiger partial charge in [0, 0.05) is 11.6 Å². The number of carbonyl (C=O) groups excluding carboxylic acids is 1. The van der Waals surface area contributed by atoms with E-state index in [0.29, 0.717) is 22.9 Å². The van der Waals surface area contributed by atoms with Gasteiger partial charge in [0.15, 0.2) is 0 Å². The summed E-state index contributed by atoms with van der Waals surface area (Å²) in [6.45, 7) is 3.73. The van der Waals surface area contributed by atoms with E-state index >= 15 is 0 Å². The molecule has 1 saturated carbocycles. The van der Waals surface area contributed by atoms with Gasteiger partial charge in [-0.05, 0) is 56.5 Å². The fourth-order valence-corrected chi connectivity index (χ4v) is 3.98. The third-order valence-electron chi connectivity index (χ3n) is 4.66. The van der Waals surface area contributed by atoms with E-state index in [9.17, 15) is 9.59 Å². The average Bonchev–Trinajstić information content (AvgIpc) is 2.84. The van der Waals surface area contributed by atoms with Gasteiger partial charge in [-0.1, -0.05) is 6.42 Å². The summed E-state index contributed by atoms with van der Waals surface area (Å²) in [6, 6.07) is 7.36. The number of hydrogen-bond donors (Lipinski definition) is 1. The number of aryl methyl sites for hydroxylation is 2. The summed E-state index contributed by atoms with van der Waals surface area (Å²) in [6.07, 6.45) is 3.25. The van der Waals surface area contributed by atoms with Gasteiger partial charge in [-0.25, -0.2) is 9.78 Å². The maximum absolute atomic E-state index is 12.6. The molecule has 1 aliphatic rings. The average molecular weight is 354 g/mol. The van der Waals surface area contributed by atoms with Gasteiger partial charge < -0.3 is 9.73 Å². The SMILES string of the molecule is Cc1nc2ccc(NC(=O)c3c(C)cc(C4CCC4)oc3=O)cc2s1. The van der Waals surface area contributed by atoms with Gasteiger partial charge in [0.05, 0.1) is 15.2 Å². The molecule has 0 unspecified atom stereocenters. The molecule has 1 aliphatic carbocycles.